The number of fused-ring (bicyclic) bond motifs is 1. The second-order valence-corrected chi connectivity index (χ2v) is 6.90. The maximum atomic E-state index is 13.1. The number of aryl methyl sites for hydroxylation is 1. The van der Waals surface area contributed by atoms with E-state index in [1.54, 1.807) is 23.1 Å². The lowest BCUT2D eigenvalue weighted by Crippen LogP contribution is -2.30. The van der Waals surface area contributed by atoms with Crippen molar-refractivity contribution in [3.05, 3.63) is 82.0 Å². The van der Waals surface area contributed by atoms with Gasteiger partial charge in [0.2, 0.25) is 0 Å². The zero-order chi connectivity index (χ0) is 18.7. The first-order chi connectivity index (χ1) is 12.5. The van der Waals surface area contributed by atoms with E-state index < -0.39 is 0 Å². The Hall–Kier alpha value is -2.84. The van der Waals surface area contributed by atoms with Gasteiger partial charge in [-0.2, -0.15) is 5.26 Å². The molecule has 0 radical (unpaired) electrons. The van der Waals surface area contributed by atoms with E-state index in [1.165, 1.54) is 0 Å². The van der Waals surface area contributed by atoms with Gasteiger partial charge in [-0.3, -0.25) is 4.79 Å². The molecule has 0 aliphatic rings. The molecule has 130 valence electrons. The maximum Gasteiger partial charge on any atom is 0.290 e. The fraction of sp³-hybridized carbons (Fsp3) is 0.143. The van der Waals surface area contributed by atoms with Crippen LogP contribution in [0.1, 0.15) is 27.2 Å². The molecule has 0 N–H and O–H groups in total. The zero-order valence-electron chi connectivity index (χ0n) is 14.3. The SMILES string of the molecule is C=CCN(Cc1ccc(C#N)cc1)C(=O)c1oc2ccc(Br)cc2c1C. The fourth-order valence-corrected chi connectivity index (χ4v) is 3.18. The van der Waals surface area contributed by atoms with Gasteiger partial charge in [0.15, 0.2) is 5.76 Å². The van der Waals surface area contributed by atoms with Crippen LogP contribution in [0.4, 0.5) is 0 Å². The van der Waals surface area contributed by atoms with E-state index >= 15 is 0 Å². The Bertz CT molecular complexity index is 1010. The standard InChI is InChI=1S/C21H17BrN2O2/c1-3-10-24(13-16-6-4-15(12-23)5-7-16)21(25)20-14(2)18-11-17(22)8-9-19(18)26-20/h3-9,11H,1,10,13H2,2H3. The summed E-state index contributed by atoms with van der Waals surface area (Å²) in [4.78, 5) is 14.7. The Labute approximate surface area is 160 Å². The number of hydrogen-bond acceptors (Lipinski definition) is 3. The highest BCUT2D eigenvalue weighted by Crippen LogP contribution is 2.29. The first kappa shape index (κ1) is 18.0. The minimum Gasteiger partial charge on any atom is -0.451 e. The molecule has 3 aromatic rings. The lowest BCUT2D eigenvalue weighted by Gasteiger charge is -2.20. The van der Waals surface area contributed by atoms with E-state index in [-0.39, 0.29) is 5.91 Å². The van der Waals surface area contributed by atoms with Crippen LogP contribution >= 0.6 is 15.9 Å². The number of amides is 1. The third kappa shape index (κ3) is 3.56. The third-order valence-electron chi connectivity index (χ3n) is 4.19. The Morgan fingerprint density at radius 1 is 1.31 bits per heavy atom. The summed E-state index contributed by atoms with van der Waals surface area (Å²) in [5.41, 5.74) is 3.04. The second kappa shape index (κ2) is 7.59. The van der Waals surface area contributed by atoms with E-state index in [4.69, 9.17) is 9.68 Å². The Morgan fingerprint density at radius 3 is 2.69 bits per heavy atom. The highest BCUT2D eigenvalue weighted by atomic mass is 79.9. The molecule has 26 heavy (non-hydrogen) atoms. The van der Waals surface area contributed by atoms with Crippen molar-refractivity contribution in [3.63, 3.8) is 0 Å². The van der Waals surface area contributed by atoms with E-state index in [9.17, 15) is 4.79 Å². The molecule has 0 saturated carbocycles. The van der Waals surface area contributed by atoms with Crippen LogP contribution < -0.4 is 0 Å². The van der Waals surface area contributed by atoms with Gasteiger partial charge in [-0.15, -0.1) is 6.58 Å². The molecule has 1 amide bonds. The fourth-order valence-electron chi connectivity index (χ4n) is 2.82. The largest absolute Gasteiger partial charge is 0.451 e. The molecule has 1 heterocycles. The van der Waals surface area contributed by atoms with Crippen molar-refractivity contribution < 1.29 is 9.21 Å². The molecule has 0 spiro atoms. The number of halogens is 1. The average molecular weight is 409 g/mol. The molecular weight excluding hydrogens is 392 g/mol. The summed E-state index contributed by atoms with van der Waals surface area (Å²) in [5.74, 6) is 0.160. The Balaban J connectivity index is 1.92. The molecule has 0 aliphatic carbocycles. The van der Waals surface area contributed by atoms with Gasteiger partial charge in [0.1, 0.15) is 5.58 Å². The Kier molecular flexibility index (Phi) is 5.24. The number of nitrogens with zero attached hydrogens (tertiary/aromatic N) is 2. The number of furan rings is 1. The molecule has 5 heteroatoms. The van der Waals surface area contributed by atoms with Crippen LogP contribution in [-0.4, -0.2) is 17.4 Å². The number of nitriles is 1. The van der Waals surface area contributed by atoms with Crippen LogP contribution in [0.15, 0.2) is 64.0 Å². The molecule has 0 atom stereocenters. The molecule has 1 aromatic heterocycles. The van der Waals surface area contributed by atoms with E-state index in [1.807, 2.05) is 37.3 Å². The lowest BCUT2D eigenvalue weighted by atomic mass is 10.1. The number of benzene rings is 2. The van der Waals surface area contributed by atoms with Crippen molar-refractivity contribution in [1.29, 1.82) is 5.26 Å². The average Bonchev–Trinajstić information content (AvgIpc) is 2.97. The number of carbonyl (C=O) groups excluding carboxylic acids is 1. The first-order valence-electron chi connectivity index (χ1n) is 8.11. The smallest absolute Gasteiger partial charge is 0.290 e. The van der Waals surface area contributed by atoms with Crippen molar-refractivity contribution in [2.24, 2.45) is 0 Å². The molecule has 0 saturated heterocycles. The van der Waals surface area contributed by atoms with Crippen molar-refractivity contribution in [3.8, 4) is 6.07 Å². The summed E-state index contributed by atoms with van der Waals surface area (Å²) in [7, 11) is 0. The molecule has 2 aromatic carbocycles. The van der Waals surface area contributed by atoms with Gasteiger partial charge in [0, 0.05) is 28.5 Å². The lowest BCUT2D eigenvalue weighted by molar-refractivity contribution is 0.0732. The predicted octanol–water partition coefficient (Wildman–Crippen LogP) is 5.20. The van der Waals surface area contributed by atoms with E-state index in [0.29, 0.717) is 30.0 Å². The second-order valence-electron chi connectivity index (χ2n) is 5.98. The minimum absolute atomic E-state index is 0.181. The quantitative estimate of drug-likeness (QED) is 0.544. The van der Waals surface area contributed by atoms with Gasteiger partial charge in [-0.05, 0) is 42.8 Å². The van der Waals surface area contributed by atoms with Crippen LogP contribution in [0, 0.1) is 18.3 Å². The van der Waals surface area contributed by atoms with Gasteiger partial charge < -0.3 is 9.32 Å². The van der Waals surface area contributed by atoms with Crippen LogP contribution in [-0.2, 0) is 6.54 Å². The van der Waals surface area contributed by atoms with Gasteiger partial charge in [0.25, 0.3) is 5.91 Å². The monoisotopic (exact) mass is 408 g/mol. The third-order valence-corrected chi connectivity index (χ3v) is 4.68. The van der Waals surface area contributed by atoms with Crippen molar-refractivity contribution in [1.82, 2.24) is 4.90 Å². The van der Waals surface area contributed by atoms with Crippen molar-refractivity contribution in [2.75, 3.05) is 6.54 Å². The van der Waals surface area contributed by atoms with Gasteiger partial charge in [-0.1, -0.05) is 34.1 Å². The van der Waals surface area contributed by atoms with Gasteiger partial charge in [-0.25, -0.2) is 0 Å². The van der Waals surface area contributed by atoms with Crippen LogP contribution in [0.3, 0.4) is 0 Å². The molecule has 0 unspecified atom stereocenters. The summed E-state index contributed by atoms with van der Waals surface area (Å²) in [5, 5.41) is 9.82. The molecule has 3 rings (SSSR count). The van der Waals surface area contributed by atoms with Crippen molar-refractivity contribution in [2.45, 2.75) is 13.5 Å². The van der Waals surface area contributed by atoms with E-state index in [0.717, 1.165) is 21.0 Å². The summed E-state index contributed by atoms with van der Waals surface area (Å²) < 4.78 is 6.77. The predicted molar refractivity (Wildman–Crippen MR) is 105 cm³/mol. The van der Waals surface area contributed by atoms with Gasteiger partial charge >= 0.3 is 0 Å². The van der Waals surface area contributed by atoms with Gasteiger partial charge in [0.05, 0.1) is 11.6 Å². The summed E-state index contributed by atoms with van der Waals surface area (Å²) in [6, 6.07) is 15.0. The van der Waals surface area contributed by atoms with E-state index in [2.05, 4.69) is 28.6 Å². The summed E-state index contributed by atoms with van der Waals surface area (Å²) in [6.45, 7) is 6.45. The molecule has 0 fully saturated rings. The first-order valence-corrected chi connectivity index (χ1v) is 8.90. The number of rotatable bonds is 5. The normalized spacial score (nSPS) is 10.5. The van der Waals surface area contributed by atoms with Crippen LogP contribution in [0.5, 0.6) is 0 Å². The van der Waals surface area contributed by atoms with Crippen LogP contribution in [0.2, 0.25) is 0 Å². The molecule has 0 bridgehead atoms. The maximum absolute atomic E-state index is 13.1. The molecular formula is C21H17BrN2O2. The van der Waals surface area contributed by atoms with Crippen molar-refractivity contribution >= 4 is 32.8 Å². The number of hydrogen-bond donors (Lipinski definition) is 0. The molecule has 4 nitrogen and oxygen atoms in total. The minimum atomic E-state index is -0.181. The molecule has 0 aliphatic heterocycles. The highest BCUT2D eigenvalue weighted by molar-refractivity contribution is 9.10. The highest BCUT2D eigenvalue weighted by Gasteiger charge is 2.23. The van der Waals surface area contributed by atoms with Crippen LogP contribution in [0.25, 0.3) is 11.0 Å². The summed E-state index contributed by atoms with van der Waals surface area (Å²) >= 11 is 3.45. The topological polar surface area (TPSA) is 57.2 Å². The zero-order valence-corrected chi connectivity index (χ0v) is 15.9. The summed E-state index contributed by atoms with van der Waals surface area (Å²) in [6.07, 6.45) is 1.69. The number of carbonyl (C=O) groups is 1. The Morgan fingerprint density at radius 2 is 2.04 bits per heavy atom.